The summed E-state index contributed by atoms with van der Waals surface area (Å²) in [5.41, 5.74) is 2.86. The van der Waals surface area contributed by atoms with Crippen LogP contribution in [0.15, 0.2) is 30.3 Å². The van der Waals surface area contributed by atoms with E-state index in [1.165, 1.54) is 12.1 Å². The Balaban J connectivity index is 2.86. The molecule has 0 aliphatic rings. The van der Waals surface area contributed by atoms with Gasteiger partial charge in [0.1, 0.15) is 5.75 Å². The lowest BCUT2D eigenvalue weighted by atomic mass is 10.2. The Labute approximate surface area is 80.1 Å². The molecule has 5 nitrogen and oxygen atoms in total. The predicted octanol–water partition coefficient (Wildman–Crippen LogP) is 0.00390. The molecule has 0 aliphatic carbocycles. The van der Waals surface area contributed by atoms with Crippen LogP contribution in [0.1, 0.15) is 0 Å². The van der Waals surface area contributed by atoms with Crippen molar-refractivity contribution in [1.29, 1.82) is 0 Å². The van der Waals surface area contributed by atoms with E-state index in [2.05, 4.69) is 0 Å². The molecule has 0 heterocycles. The van der Waals surface area contributed by atoms with Crippen molar-refractivity contribution >= 4 is 12.3 Å². The van der Waals surface area contributed by atoms with Gasteiger partial charge in [0.25, 0.3) is 0 Å². The standard InChI is InChI=1S/C9H9NO4/c10-9(6-11,8(12)13)14-7-4-2-1-3-5-7/h1-6H,10H2,(H,12,13). The third-order valence-electron chi connectivity index (χ3n) is 1.54. The first-order valence-corrected chi connectivity index (χ1v) is 3.81. The molecule has 0 saturated carbocycles. The van der Waals surface area contributed by atoms with Gasteiger partial charge in [-0.15, -0.1) is 0 Å². The summed E-state index contributed by atoms with van der Waals surface area (Å²) in [6.07, 6.45) is 0.0440. The van der Waals surface area contributed by atoms with Gasteiger partial charge in [-0.3, -0.25) is 10.5 Å². The van der Waals surface area contributed by atoms with Crippen molar-refractivity contribution < 1.29 is 19.4 Å². The first-order chi connectivity index (χ1) is 6.58. The number of carbonyl (C=O) groups is 2. The summed E-state index contributed by atoms with van der Waals surface area (Å²) in [5, 5.41) is 8.61. The SMILES string of the molecule is NC(C=O)(Oc1ccccc1)C(=O)O. The van der Waals surface area contributed by atoms with E-state index in [4.69, 9.17) is 15.6 Å². The Morgan fingerprint density at radius 2 is 2.00 bits per heavy atom. The number of hydrogen-bond donors (Lipinski definition) is 2. The monoisotopic (exact) mass is 195 g/mol. The normalized spacial score (nSPS) is 14.1. The number of ether oxygens (including phenoxy) is 1. The van der Waals surface area contributed by atoms with Gasteiger partial charge < -0.3 is 9.84 Å². The van der Waals surface area contributed by atoms with Crippen LogP contribution in [0.2, 0.25) is 0 Å². The van der Waals surface area contributed by atoms with Crippen LogP contribution in [0.25, 0.3) is 0 Å². The highest BCUT2D eigenvalue weighted by atomic mass is 16.5. The van der Waals surface area contributed by atoms with Gasteiger partial charge in [-0.2, -0.15) is 0 Å². The van der Waals surface area contributed by atoms with E-state index >= 15 is 0 Å². The molecule has 0 amide bonds. The highest BCUT2D eigenvalue weighted by Crippen LogP contribution is 2.13. The lowest BCUT2D eigenvalue weighted by molar-refractivity contribution is -0.157. The Morgan fingerprint density at radius 1 is 1.43 bits per heavy atom. The number of rotatable bonds is 4. The van der Waals surface area contributed by atoms with Crippen LogP contribution in [0, 0.1) is 0 Å². The first-order valence-electron chi connectivity index (χ1n) is 3.81. The summed E-state index contributed by atoms with van der Waals surface area (Å²) in [6.45, 7) is 0. The second kappa shape index (κ2) is 3.89. The fourth-order valence-corrected chi connectivity index (χ4v) is 0.802. The molecule has 14 heavy (non-hydrogen) atoms. The largest absolute Gasteiger partial charge is 0.477 e. The van der Waals surface area contributed by atoms with Crippen LogP contribution in [0.5, 0.6) is 5.75 Å². The van der Waals surface area contributed by atoms with Crippen LogP contribution in [0.4, 0.5) is 0 Å². The zero-order valence-corrected chi connectivity index (χ0v) is 7.21. The number of carbonyl (C=O) groups excluding carboxylic acids is 1. The molecule has 1 aromatic rings. The van der Waals surface area contributed by atoms with E-state index in [0.29, 0.717) is 0 Å². The van der Waals surface area contributed by atoms with E-state index in [-0.39, 0.29) is 12.0 Å². The summed E-state index contributed by atoms with van der Waals surface area (Å²) in [7, 11) is 0. The zero-order valence-electron chi connectivity index (χ0n) is 7.21. The lowest BCUT2D eigenvalue weighted by Crippen LogP contribution is -2.54. The number of carboxylic acids is 1. The minimum Gasteiger partial charge on any atom is -0.477 e. The third kappa shape index (κ3) is 2.08. The van der Waals surface area contributed by atoms with Gasteiger partial charge in [0.2, 0.25) is 0 Å². The van der Waals surface area contributed by atoms with Crippen molar-refractivity contribution in [3.05, 3.63) is 30.3 Å². The van der Waals surface area contributed by atoms with E-state index in [1.807, 2.05) is 0 Å². The minimum atomic E-state index is -2.32. The summed E-state index contributed by atoms with van der Waals surface area (Å²) >= 11 is 0. The van der Waals surface area contributed by atoms with E-state index < -0.39 is 11.7 Å². The molecule has 1 atom stereocenters. The summed E-state index contributed by atoms with van der Waals surface area (Å²) in [6, 6.07) is 8.03. The van der Waals surface area contributed by atoms with Gasteiger partial charge in [-0.1, -0.05) is 18.2 Å². The maximum Gasteiger partial charge on any atom is 0.371 e. The fraction of sp³-hybridized carbons (Fsp3) is 0.111. The molecule has 1 unspecified atom stereocenters. The molecule has 74 valence electrons. The molecule has 1 aromatic carbocycles. The van der Waals surface area contributed by atoms with Crippen LogP contribution in [-0.4, -0.2) is 23.1 Å². The smallest absolute Gasteiger partial charge is 0.371 e. The minimum absolute atomic E-state index is 0.0440. The van der Waals surface area contributed by atoms with Crippen molar-refractivity contribution in [2.24, 2.45) is 5.73 Å². The molecule has 0 aromatic heterocycles. The van der Waals surface area contributed by atoms with Gasteiger partial charge >= 0.3 is 11.7 Å². The van der Waals surface area contributed by atoms with Crippen LogP contribution < -0.4 is 10.5 Å². The van der Waals surface area contributed by atoms with Crippen molar-refractivity contribution in [3.8, 4) is 5.75 Å². The summed E-state index contributed by atoms with van der Waals surface area (Å²) in [5.74, 6) is -1.30. The molecule has 0 aliphatic heterocycles. The van der Waals surface area contributed by atoms with Crippen molar-refractivity contribution in [3.63, 3.8) is 0 Å². The van der Waals surface area contributed by atoms with Gasteiger partial charge in [0.15, 0.2) is 6.29 Å². The van der Waals surface area contributed by atoms with Crippen molar-refractivity contribution in [2.45, 2.75) is 5.72 Å². The second-order valence-corrected chi connectivity index (χ2v) is 2.63. The number of carboxylic acid groups (broad SMARTS) is 1. The maximum atomic E-state index is 10.6. The molecule has 0 bridgehead atoms. The first kappa shape index (κ1) is 10.2. The molecule has 5 heteroatoms. The number of aldehydes is 1. The summed E-state index contributed by atoms with van der Waals surface area (Å²) < 4.78 is 4.82. The molecule has 0 saturated heterocycles. The summed E-state index contributed by atoms with van der Waals surface area (Å²) in [4.78, 5) is 21.0. The number of aliphatic carboxylic acids is 1. The van der Waals surface area contributed by atoms with Crippen LogP contribution in [0.3, 0.4) is 0 Å². The second-order valence-electron chi connectivity index (χ2n) is 2.63. The number of para-hydroxylation sites is 1. The van der Waals surface area contributed by atoms with Gasteiger partial charge in [0.05, 0.1) is 0 Å². The number of hydrogen-bond acceptors (Lipinski definition) is 4. The Morgan fingerprint density at radius 3 is 2.43 bits per heavy atom. The fourth-order valence-electron chi connectivity index (χ4n) is 0.802. The average molecular weight is 195 g/mol. The topological polar surface area (TPSA) is 89.6 Å². The van der Waals surface area contributed by atoms with Crippen LogP contribution in [-0.2, 0) is 9.59 Å². The predicted molar refractivity (Wildman–Crippen MR) is 47.7 cm³/mol. The molecule has 1 rings (SSSR count). The Bertz CT molecular complexity index is 338. The van der Waals surface area contributed by atoms with Crippen molar-refractivity contribution in [2.75, 3.05) is 0 Å². The zero-order chi connectivity index (χ0) is 10.6. The average Bonchev–Trinajstić information content (AvgIpc) is 2.19. The maximum absolute atomic E-state index is 10.6. The van der Waals surface area contributed by atoms with E-state index in [9.17, 15) is 9.59 Å². The molecule has 3 N–H and O–H groups in total. The molecule has 0 radical (unpaired) electrons. The number of benzene rings is 1. The Hall–Kier alpha value is -1.88. The van der Waals surface area contributed by atoms with E-state index in [1.54, 1.807) is 18.2 Å². The van der Waals surface area contributed by atoms with Crippen LogP contribution >= 0.6 is 0 Å². The third-order valence-corrected chi connectivity index (χ3v) is 1.54. The highest BCUT2D eigenvalue weighted by Gasteiger charge is 2.36. The van der Waals surface area contributed by atoms with Crippen molar-refractivity contribution in [1.82, 2.24) is 0 Å². The van der Waals surface area contributed by atoms with Gasteiger partial charge in [-0.25, -0.2) is 4.79 Å². The van der Waals surface area contributed by atoms with Gasteiger partial charge in [-0.05, 0) is 12.1 Å². The molecular weight excluding hydrogens is 186 g/mol. The lowest BCUT2D eigenvalue weighted by Gasteiger charge is -2.19. The van der Waals surface area contributed by atoms with E-state index in [0.717, 1.165) is 0 Å². The highest BCUT2D eigenvalue weighted by molar-refractivity contribution is 5.95. The van der Waals surface area contributed by atoms with Gasteiger partial charge in [0, 0.05) is 0 Å². The quantitative estimate of drug-likeness (QED) is 0.401. The molecule has 0 fully saturated rings. The molecular formula is C9H9NO4. The Kier molecular flexibility index (Phi) is 2.83. The molecule has 0 spiro atoms. The number of nitrogens with two attached hydrogens (primary N) is 1.